The lowest BCUT2D eigenvalue weighted by atomic mass is 10.1. The number of hydrogen-bond acceptors (Lipinski definition) is 8. The van der Waals surface area contributed by atoms with E-state index < -0.39 is 10.4 Å². The van der Waals surface area contributed by atoms with E-state index in [4.69, 9.17) is 27.0 Å². The molecule has 0 atom stereocenters. The van der Waals surface area contributed by atoms with Crippen LogP contribution in [0, 0.1) is 0 Å². The fourth-order valence-corrected chi connectivity index (χ4v) is 3.58. The van der Waals surface area contributed by atoms with E-state index in [1.165, 1.54) is 12.1 Å². The molecular weight excluding hydrogens is 396 g/mol. The van der Waals surface area contributed by atoms with Crippen molar-refractivity contribution in [2.75, 3.05) is 38.3 Å². The van der Waals surface area contributed by atoms with Crippen molar-refractivity contribution < 1.29 is 35.7 Å². The van der Waals surface area contributed by atoms with Crippen LogP contribution in [-0.4, -0.2) is 56.9 Å². The van der Waals surface area contributed by atoms with Crippen molar-refractivity contribution in [2.24, 2.45) is 0 Å². The summed E-state index contributed by atoms with van der Waals surface area (Å²) in [5.74, 6) is -0.237. The van der Waals surface area contributed by atoms with Gasteiger partial charge in [-0.25, -0.2) is 13.2 Å². The lowest BCUT2D eigenvalue weighted by Crippen LogP contribution is -2.36. The average Bonchev–Trinajstić information content (AvgIpc) is 3.05. The SMILES string of the molecule is COC(=O)C[n+]1cc(-c2ccccc2)c(N2CCOCC2)s1.O=S(=O)([O-])O. The lowest BCUT2D eigenvalue weighted by molar-refractivity contribution is -0.616. The molecule has 1 saturated heterocycles. The Hall–Kier alpha value is -2.05. The summed E-state index contributed by atoms with van der Waals surface area (Å²) >= 11 is 1.59. The predicted molar refractivity (Wildman–Crippen MR) is 97.3 cm³/mol. The van der Waals surface area contributed by atoms with Gasteiger partial charge in [0.05, 0.1) is 25.9 Å². The van der Waals surface area contributed by atoms with Gasteiger partial charge in [0.1, 0.15) is 0 Å². The molecule has 1 aliphatic heterocycles. The smallest absolute Gasteiger partial charge is 0.373 e. The summed E-state index contributed by atoms with van der Waals surface area (Å²) in [6.45, 7) is 3.47. The Kier molecular flexibility index (Phi) is 7.68. The van der Waals surface area contributed by atoms with Crippen molar-refractivity contribution in [3.05, 3.63) is 36.5 Å². The topological polar surface area (TPSA) is 120 Å². The molecule has 1 fully saturated rings. The number of rotatable bonds is 4. The van der Waals surface area contributed by atoms with Crippen LogP contribution >= 0.6 is 11.5 Å². The van der Waals surface area contributed by atoms with Crippen molar-refractivity contribution in [2.45, 2.75) is 6.54 Å². The Morgan fingerprint density at radius 1 is 1.33 bits per heavy atom. The molecular formula is C16H20N2O7S2. The van der Waals surface area contributed by atoms with Crippen LogP contribution in [0.3, 0.4) is 0 Å². The Morgan fingerprint density at radius 3 is 2.48 bits per heavy atom. The maximum absolute atomic E-state index is 11.5. The number of methoxy groups -OCH3 is 1. The first-order valence-electron chi connectivity index (χ1n) is 7.95. The van der Waals surface area contributed by atoms with Gasteiger partial charge in [-0.05, 0) is 5.56 Å². The molecule has 0 amide bonds. The summed E-state index contributed by atoms with van der Waals surface area (Å²) in [4.78, 5) is 13.9. The first-order valence-corrected chi connectivity index (χ1v) is 10.1. The van der Waals surface area contributed by atoms with Gasteiger partial charge in [0.2, 0.25) is 10.4 Å². The summed E-state index contributed by atoms with van der Waals surface area (Å²) in [5.41, 5.74) is 2.31. The summed E-state index contributed by atoms with van der Waals surface area (Å²) < 4.78 is 45.0. The molecule has 3 rings (SSSR count). The molecule has 2 aromatic rings. The van der Waals surface area contributed by atoms with Crippen molar-refractivity contribution in [1.29, 1.82) is 0 Å². The van der Waals surface area contributed by atoms with Gasteiger partial charge in [0, 0.05) is 13.1 Å². The highest BCUT2D eigenvalue weighted by Crippen LogP contribution is 2.33. The predicted octanol–water partition coefficient (Wildman–Crippen LogP) is 0.717. The largest absolute Gasteiger partial charge is 0.726 e. The van der Waals surface area contributed by atoms with Crippen molar-refractivity contribution in [1.82, 2.24) is 0 Å². The first kappa shape index (κ1) is 21.3. The van der Waals surface area contributed by atoms with Crippen LogP contribution in [0.15, 0.2) is 36.5 Å². The second-order valence-corrected chi connectivity index (χ2v) is 7.38. The third-order valence-corrected chi connectivity index (χ3v) is 4.72. The van der Waals surface area contributed by atoms with Gasteiger partial charge in [-0.1, -0.05) is 30.3 Å². The summed E-state index contributed by atoms with van der Waals surface area (Å²) in [6, 6.07) is 10.2. The van der Waals surface area contributed by atoms with Crippen LogP contribution in [0.4, 0.5) is 5.00 Å². The monoisotopic (exact) mass is 416 g/mol. The second kappa shape index (κ2) is 9.76. The molecule has 1 N–H and O–H groups in total. The average molecular weight is 416 g/mol. The fraction of sp³-hybridized carbons (Fsp3) is 0.375. The standard InChI is InChI=1S/C16H19N2O3S.H2O4S/c1-20-15(19)12-18-11-14(13-5-3-2-4-6-13)16(22-18)17-7-9-21-10-8-17;1-5(2,3)4/h2-6,11H,7-10,12H2,1H3;(H2,1,2,3,4)/q+1;/p-1. The maximum atomic E-state index is 11.5. The molecule has 2 heterocycles. The highest BCUT2D eigenvalue weighted by molar-refractivity contribution is 7.79. The van der Waals surface area contributed by atoms with Crippen LogP contribution in [-0.2, 0) is 31.2 Å². The molecule has 1 aromatic heterocycles. The van der Waals surface area contributed by atoms with Gasteiger partial charge in [-0.2, -0.15) is 0 Å². The molecule has 0 bridgehead atoms. The highest BCUT2D eigenvalue weighted by atomic mass is 32.3. The fourth-order valence-electron chi connectivity index (χ4n) is 2.47. The summed E-state index contributed by atoms with van der Waals surface area (Å²) in [7, 11) is -3.50. The van der Waals surface area contributed by atoms with Gasteiger partial charge in [-0.15, -0.1) is 3.96 Å². The van der Waals surface area contributed by atoms with Crippen molar-refractivity contribution in [3.63, 3.8) is 0 Å². The van der Waals surface area contributed by atoms with Crippen LogP contribution in [0.1, 0.15) is 0 Å². The minimum atomic E-state index is -4.92. The van der Waals surface area contributed by atoms with Crippen LogP contribution < -0.4 is 8.86 Å². The van der Waals surface area contributed by atoms with Crippen molar-refractivity contribution >= 4 is 32.9 Å². The number of benzene rings is 1. The van der Waals surface area contributed by atoms with Crippen molar-refractivity contribution in [3.8, 4) is 11.1 Å². The Bertz CT molecular complexity index is 839. The number of carbonyl (C=O) groups excluding carboxylic acids is 1. The molecule has 11 heteroatoms. The van der Waals surface area contributed by atoms with E-state index in [9.17, 15) is 4.79 Å². The summed E-state index contributed by atoms with van der Waals surface area (Å²) in [5, 5.41) is 1.18. The molecule has 0 aliphatic carbocycles. The minimum Gasteiger partial charge on any atom is -0.726 e. The van der Waals surface area contributed by atoms with E-state index in [0.29, 0.717) is 0 Å². The third-order valence-electron chi connectivity index (χ3n) is 3.60. The van der Waals surface area contributed by atoms with E-state index in [2.05, 4.69) is 17.0 Å². The third kappa shape index (κ3) is 7.23. The van der Waals surface area contributed by atoms with E-state index in [1.807, 2.05) is 28.4 Å². The zero-order valence-corrected chi connectivity index (χ0v) is 16.2. The lowest BCUT2D eigenvalue weighted by Gasteiger charge is -2.26. The number of hydrogen-bond donors (Lipinski definition) is 1. The van der Waals surface area contributed by atoms with Gasteiger partial charge in [0.15, 0.2) is 22.7 Å². The molecule has 148 valence electrons. The Morgan fingerprint density at radius 2 is 1.93 bits per heavy atom. The van der Waals surface area contributed by atoms with Gasteiger partial charge < -0.3 is 18.9 Å². The summed E-state index contributed by atoms with van der Waals surface area (Å²) in [6.07, 6.45) is 2.03. The van der Waals surface area contributed by atoms with Gasteiger partial charge >= 0.3 is 5.97 Å². The van der Waals surface area contributed by atoms with Gasteiger partial charge in [0.25, 0.3) is 6.54 Å². The zero-order valence-electron chi connectivity index (χ0n) is 14.6. The molecule has 0 radical (unpaired) electrons. The van der Waals surface area contributed by atoms with Crippen LogP contribution in [0.2, 0.25) is 0 Å². The number of carbonyl (C=O) groups is 1. The molecule has 1 aliphatic rings. The number of anilines is 1. The molecule has 0 unspecified atom stereocenters. The zero-order chi connectivity index (χ0) is 19.9. The highest BCUT2D eigenvalue weighted by Gasteiger charge is 2.25. The molecule has 0 spiro atoms. The molecule has 27 heavy (non-hydrogen) atoms. The van der Waals surface area contributed by atoms with Gasteiger partial charge in [-0.3, -0.25) is 4.55 Å². The quantitative estimate of drug-likeness (QED) is 0.335. The van der Waals surface area contributed by atoms with E-state index >= 15 is 0 Å². The number of ether oxygens (including phenoxy) is 2. The van der Waals surface area contributed by atoms with E-state index in [1.54, 1.807) is 11.5 Å². The second-order valence-electron chi connectivity index (χ2n) is 5.48. The molecule has 9 nitrogen and oxygen atoms in total. The first-order chi connectivity index (χ1) is 12.8. The normalized spacial score (nSPS) is 14.3. The van der Waals surface area contributed by atoms with E-state index in [-0.39, 0.29) is 12.5 Å². The van der Waals surface area contributed by atoms with Crippen LogP contribution in [0.5, 0.6) is 0 Å². The number of morpholine rings is 1. The molecule has 0 saturated carbocycles. The number of aromatic nitrogens is 1. The number of nitrogens with zero attached hydrogens (tertiary/aromatic N) is 2. The molecule has 1 aromatic carbocycles. The Balaban J connectivity index is 0.000000465. The number of esters is 1. The van der Waals surface area contributed by atoms with Crippen LogP contribution in [0.25, 0.3) is 11.1 Å². The Labute approximate surface area is 161 Å². The minimum absolute atomic E-state index is 0.237. The van der Waals surface area contributed by atoms with E-state index in [0.717, 1.165) is 37.4 Å². The maximum Gasteiger partial charge on any atom is 0.373 e.